The van der Waals surface area contributed by atoms with Crippen LogP contribution in [0.1, 0.15) is 194 Å². The van der Waals surface area contributed by atoms with Crippen molar-refractivity contribution in [1.82, 2.24) is 0 Å². The minimum Gasteiger partial charge on any atom is -0.462 e. The van der Waals surface area contributed by atoms with E-state index in [0.29, 0.717) is 12.8 Å². The Kier molecular flexibility index (Phi) is 32.6. The van der Waals surface area contributed by atoms with Crippen molar-refractivity contribution in [3.8, 4) is 0 Å². The highest BCUT2D eigenvalue weighted by Crippen LogP contribution is 2.26. The molecule has 2 saturated heterocycles. The molecule has 0 aromatic heterocycles. The van der Waals surface area contributed by atoms with Crippen LogP contribution in [0.25, 0.3) is 0 Å². The summed E-state index contributed by atoms with van der Waals surface area (Å²) in [4.78, 5) is 25.6. The monoisotopic (exact) mass is 893 g/mol. The van der Waals surface area contributed by atoms with Gasteiger partial charge < -0.3 is 64.2 Å². The maximum Gasteiger partial charge on any atom is 0.306 e. The van der Waals surface area contributed by atoms with E-state index in [0.717, 1.165) is 38.5 Å². The second-order valence-electron chi connectivity index (χ2n) is 17.7. The molecule has 11 atom stereocenters. The number of carbonyl (C=O) groups is 2. The van der Waals surface area contributed by atoms with Gasteiger partial charge in [0.2, 0.25) is 0 Å². The van der Waals surface area contributed by atoms with E-state index in [4.69, 9.17) is 28.4 Å². The molecule has 15 nitrogen and oxygen atoms in total. The minimum atomic E-state index is -1.76. The maximum absolute atomic E-state index is 12.9. The minimum absolute atomic E-state index is 0.170. The van der Waals surface area contributed by atoms with Crippen LogP contribution in [0, 0.1) is 0 Å². The third kappa shape index (κ3) is 24.1. The molecular weight excluding hydrogens is 805 g/mol. The topological polar surface area (TPSA) is 231 Å². The Bertz CT molecular complexity index is 1100. The largest absolute Gasteiger partial charge is 0.462 e. The van der Waals surface area contributed by atoms with E-state index >= 15 is 0 Å². The van der Waals surface area contributed by atoms with Gasteiger partial charge >= 0.3 is 11.9 Å². The highest BCUT2D eigenvalue weighted by Gasteiger charge is 2.47. The maximum atomic E-state index is 12.9. The van der Waals surface area contributed by atoms with E-state index in [1.807, 2.05) is 0 Å². The molecule has 2 rings (SSSR count). The summed E-state index contributed by atoms with van der Waals surface area (Å²) in [7, 11) is 0. The molecule has 2 aliphatic rings. The Hall–Kier alpha value is -1.50. The molecule has 62 heavy (non-hydrogen) atoms. The fourth-order valence-electron chi connectivity index (χ4n) is 7.98. The predicted molar refractivity (Wildman–Crippen MR) is 234 cm³/mol. The van der Waals surface area contributed by atoms with Crippen LogP contribution in [-0.2, 0) is 38.0 Å². The van der Waals surface area contributed by atoms with E-state index in [2.05, 4.69) is 13.8 Å². The molecule has 0 aliphatic carbocycles. The second-order valence-corrected chi connectivity index (χ2v) is 17.7. The van der Waals surface area contributed by atoms with E-state index in [-0.39, 0.29) is 26.1 Å². The zero-order valence-corrected chi connectivity index (χ0v) is 38.4. The zero-order chi connectivity index (χ0) is 45.4. The van der Waals surface area contributed by atoms with E-state index in [1.165, 1.54) is 116 Å². The number of hydrogen-bond acceptors (Lipinski definition) is 15. The summed E-state index contributed by atoms with van der Waals surface area (Å²) in [6, 6.07) is 0. The lowest BCUT2D eigenvalue weighted by Crippen LogP contribution is -2.61. The van der Waals surface area contributed by atoms with Gasteiger partial charge in [0.15, 0.2) is 18.7 Å². The molecule has 2 heterocycles. The van der Waals surface area contributed by atoms with Gasteiger partial charge in [0.25, 0.3) is 0 Å². The Morgan fingerprint density at radius 3 is 1.26 bits per heavy atom. The first-order valence-electron chi connectivity index (χ1n) is 24.6. The van der Waals surface area contributed by atoms with Crippen molar-refractivity contribution < 1.29 is 73.8 Å². The summed E-state index contributed by atoms with van der Waals surface area (Å²) in [5.41, 5.74) is 0. The number of aliphatic hydroxyl groups is 7. The molecule has 0 aromatic carbocycles. The van der Waals surface area contributed by atoms with Crippen LogP contribution < -0.4 is 0 Å². The normalized spacial score (nSPS) is 27.0. The number of carbonyl (C=O) groups excluding carboxylic acids is 2. The molecule has 7 N–H and O–H groups in total. The lowest BCUT2D eigenvalue weighted by Gasteiger charge is -2.42. The lowest BCUT2D eigenvalue weighted by molar-refractivity contribution is -0.332. The smallest absolute Gasteiger partial charge is 0.306 e. The van der Waals surface area contributed by atoms with E-state index in [9.17, 15) is 45.3 Å². The van der Waals surface area contributed by atoms with Crippen LogP contribution in [0.2, 0.25) is 0 Å². The quantitative estimate of drug-likeness (QED) is 0.0277. The average molecular weight is 893 g/mol. The molecule has 15 heteroatoms. The van der Waals surface area contributed by atoms with Gasteiger partial charge in [-0.05, 0) is 12.8 Å². The first kappa shape index (κ1) is 56.6. The van der Waals surface area contributed by atoms with Gasteiger partial charge in [-0.15, -0.1) is 0 Å². The summed E-state index contributed by atoms with van der Waals surface area (Å²) in [6.07, 6.45) is 14.5. The molecule has 4 unspecified atom stereocenters. The molecular formula is C47H88O15. The van der Waals surface area contributed by atoms with Crippen molar-refractivity contribution in [1.29, 1.82) is 0 Å². The SMILES string of the molecule is CCCCCCCCCCCCCCCCCCCCC(=O)OC[C@@H](CO[C@@H]1O[C@H](CO[C@@H]2O[C@H](CO)[C@H](O)C(O)C2O)[C@H](O)C(O)C1O)OC(=O)CCCCCCCCCC. The summed E-state index contributed by atoms with van der Waals surface area (Å²) < 4.78 is 33.4. The van der Waals surface area contributed by atoms with E-state index in [1.54, 1.807) is 0 Å². The van der Waals surface area contributed by atoms with Gasteiger partial charge in [0.05, 0.1) is 19.8 Å². The average Bonchev–Trinajstić information content (AvgIpc) is 3.26. The van der Waals surface area contributed by atoms with Gasteiger partial charge in [-0.3, -0.25) is 9.59 Å². The zero-order valence-electron chi connectivity index (χ0n) is 38.4. The number of esters is 2. The third-order valence-electron chi connectivity index (χ3n) is 12.1. The third-order valence-corrected chi connectivity index (χ3v) is 12.1. The summed E-state index contributed by atoms with van der Waals surface area (Å²) in [6.45, 7) is 2.57. The lowest BCUT2D eigenvalue weighted by atomic mass is 9.98. The molecule has 2 fully saturated rings. The van der Waals surface area contributed by atoms with Gasteiger partial charge in [0.1, 0.15) is 55.4 Å². The van der Waals surface area contributed by atoms with Gasteiger partial charge in [-0.2, -0.15) is 0 Å². The van der Waals surface area contributed by atoms with E-state index < -0.39 is 92.7 Å². The fraction of sp³-hybridized carbons (Fsp3) is 0.957. The fourth-order valence-corrected chi connectivity index (χ4v) is 7.98. The molecule has 0 saturated carbocycles. The van der Waals surface area contributed by atoms with Crippen LogP contribution in [0.3, 0.4) is 0 Å². The first-order valence-corrected chi connectivity index (χ1v) is 24.6. The van der Waals surface area contributed by atoms with Crippen LogP contribution in [0.5, 0.6) is 0 Å². The number of rotatable bonds is 38. The number of aliphatic hydroxyl groups excluding tert-OH is 7. The van der Waals surface area contributed by atoms with Crippen molar-refractivity contribution in [2.45, 2.75) is 261 Å². The number of hydrogen-bond donors (Lipinski definition) is 7. The number of ether oxygens (including phenoxy) is 6. The first-order chi connectivity index (χ1) is 30.0. The summed E-state index contributed by atoms with van der Waals surface area (Å²) in [5, 5.41) is 71.8. The highest BCUT2D eigenvalue weighted by molar-refractivity contribution is 5.70. The summed E-state index contributed by atoms with van der Waals surface area (Å²) >= 11 is 0. The highest BCUT2D eigenvalue weighted by atomic mass is 16.7. The number of unbranched alkanes of at least 4 members (excludes halogenated alkanes) is 24. The van der Waals surface area contributed by atoms with Gasteiger partial charge in [-0.25, -0.2) is 0 Å². The van der Waals surface area contributed by atoms with Gasteiger partial charge in [-0.1, -0.05) is 168 Å². The second kappa shape index (κ2) is 35.7. The van der Waals surface area contributed by atoms with Crippen LogP contribution in [-0.4, -0.2) is 142 Å². The van der Waals surface area contributed by atoms with Crippen molar-refractivity contribution >= 4 is 11.9 Å². The standard InChI is InChI=1S/C47H88O15/c1-3-5-7-9-11-13-14-15-16-17-18-19-20-21-22-24-25-27-29-38(49)57-32-35(60-39(50)30-28-26-23-12-10-8-6-4-2)33-58-46-45(56)43(54)41(52)37(62-46)34-59-47-44(55)42(53)40(51)36(31-48)61-47/h35-37,40-48,51-56H,3-34H2,1-2H3/t35-,36+,37+,40-,41-,42?,43?,44?,45?,46+,47+/m0/s1. The van der Waals surface area contributed by atoms with Crippen molar-refractivity contribution in [3.05, 3.63) is 0 Å². The Balaban J connectivity index is 1.76. The summed E-state index contributed by atoms with van der Waals surface area (Å²) in [5.74, 6) is -0.918. The van der Waals surface area contributed by atoms with Crippen LogP contribution in [0.15, 0.2) is 0 Å². The molecule has 366 valence electrons. The molecule has 0 spiro atoms. The molecule has 0 amide bonds. The van der Waals surface area contributed by atoms with Crippen LogP contribution in [0.4, 0.5) is 0 Å². The predicted octanol–water partition coefficient (Wildman–Crippen LogP) is 6.04. The van der Waals surface area contributed by atoms with Crippen molar-refractivity contribution in [2.75, 3.05) is 26.4 Å². The van der Waals surface area contributed by atoms with Crippen molar-refractivity contribution in [2.24, 2.45) is 0 Å². The van der Waals surface area contributed by atoms with Crippen LogP contribution >= 0.6 is 0 Å². The van der Waals surface area contributed by atoms with Gasteiger partial charge in [0, 0.05) is 12.8 Å². The Labute approximate surface area is 372 Å². The molecule has 0 aromatic rings. The Morgan fingerprint density at radius 2 is 0.823 bits per heavy atom. The van der Waals surface area contributed by atoms with Crippen molar-refractivity contribution in [3.63, 3.8) is 0 Å². The molecule has 0 radical (unpaired) electrons. The Morgan fingerprint density at radius 1 is 0.452 bits per heavy atom. The molecule has 0 bridgehead atoms. The molecule has 2 aliphatic heterocycles.